The maximum Gasteiger partial charge on any atom is 0.241 e. The van der Waals surface area contributed by atoms with Gasteiger partial charge in [-0.1, -0.05) is 0 Å². The van der Waals surface area contributed by atoms with E-state index in [1.54, 1.807) is 7.05 Å². The van der Waals surface area contributed by atoms with E-state index in [1.807, 2.05) is 0 Å². The zero-order chi connectivity index (χ0) is 8.43. The van der Waals surface area contributed by atoms with Crippen molar-refractivity contribution in [3.8, 4) is 0 Å². The number of nitrogens with zero attached hydrogens (tertiary/aromatic N) is 1. The number of likely N-dealkylation sites (N-methyl/N-ethyl adjacent to an activating group) is 1. The fourth-order valence-electron chi connectivity index (χ4n) is 1.04. The monoisotopic (exact) mass is 157 g/mol. The average molecular weight is 157 g/mol. The first-order chi connectivity index (χ1) is 5.13. The van der Waals surface area contributed by atoms with Crippen LogP contribution < -0.4 is 11.1 Å². The summed E-state index contributed by atoms with van der Waals surface area (Å²) in [6.07, 6.45) is 0. The van der Waals surface area contributed by atoms with E-state index in [1.165, 1.54) is 4.90 Å². The highest BCUT2D eigenvalue weighted by Gasteiger charge is 2.28. The first-order valence-electron chi connectivity index (χ1n) is 3.38. The molecule has 1 aliphatic rings. The van der Waals surface area contributed by atoms with Crippen LogP contribution in [0.4, 0.5) is 0 Å². The van der Waals surface area contributed by atoms with E-state index in [9.17, 15) is 9.59 Å². The van der Waals surface area contributed by atoms with Crippen LogP contribution in [0, 0.1) is 0 Å². The molecule has 1 fully saturated rings. The molecule has 62 valence electrons. The minimum atomic E-state index is -0.490. The number of carbonyl (C=O) groups is 2. The van der Waals surface area contributed by atoms with E-state index < -0.39 is 11.9 Å². The minimum Gasteiger partial charge on any atom is -0.368 e. The third kappa shape index (κ3) is 1.48. The topological polar surface area (TPSA) is 75.4 Å². The van der Waals surface area contributed by atoms with Gasteiger partial charge in [0.1, 0.15) is 6.04 Å². The van der Waals surface area contributed by atoms with Crippen LogP contribution >= 0.6 is 0 Å². The smallest absolute Gasteiger partial charge is 0.241 e. The third-order valence-corrected chi connectivity index (χ3v) is 1.80. The standard InChI is InChI=1S/C6H11N3O2/c1-9-4(6(7)11)2-8-3-5(9)10/h4,8H,2-3H2,1H3,(H2,7,11). The second kappa shape index (κ2) is 2.87. The highest BCUT2D eigenvalue weighted by atomic mass is 16.2. The Morgan fingerprint density at radius 1 is 1.82 bits per heavy atom. The lowest BCUT2D eigenvalue weighted by atomic mass is 10.2. The molecule has 1 aliphatic heterocycles. The molecule has 5 heteroatoms. The van der Waals surface area contributed by atoms with Gasteiger partial charge in [-0.15, -0.1) is 0 Å². The van der Waals surface area contributed by atoms with Gasteiger partial charge >= 0.3 is 0 Å². The lowest BCUT2D eigenvalue weighted by molar-refractivity contribution is -0.139. The Morgan fingerprint density at radius 3 is 2.91 bits per heavy atom. The lowest BCUT2D eigenvalue weighted by Gasteiger charge is -2.30. The molecule has 0 aromatic rings. The molecule has 1 unspecified atom stereocenters. The SMILES string of the molecule is CN1C(=O)CNCC1C(N)=O. The molecule has 0 aliphatic carbocycles. The van der Waals surface area contributed by atoms with Crippen LogP contribution in [-0.2, 0) is 9.59 Å². The molecule has 0 aromatic heterocycles. The summed E-state index contributed by atoms with van der Waals surface area (Å²) >= 11 is 0. The molecule has 0 saturated carbocycles. The zero-order valence-corrected chi connectivity index (χ0v) is 6.33. The van der Waals surface area contributed by atoms with Gasteiger partial charge in [-0.2, -0.15) is 0 Å². The molecule has 0 bridgehead atoms. The van der Waals surface area contributed by atoms with Gasteiger partial charge in [0.05, 0.1) is 6.54 Å². The number of hydrogen-bond donors (Lipinski definition) is 2. The number of nitrogens with two attached hydrogens (primary N) is 1. The van der Waals surface area contributed by atoms with E-state index in [0.29, 0.717) is 13.1 Å². The van der Waals surface area contributed by atoms with Crippen LogP contribution in [0.15, 0.2) is 0 Å². The Hall–Kier alpha value is -1.10. The van der Waals surface area contributed by atoms with E-state index >= 15 is 0 Å². The summed E-state index contributed by atoms with van der Waals surface area (Å²) < 4.78 is 0. The van der Waals surface area contributed by atoms with Crippen molar-refractivity contribution < 1.29 is 9.59 Å². The zero-order valence-electron chi connectivity index (χ0n) is 6.33. The maximum absolute atomic E-state index is 11.0. The minimum absolute atomic E-state index is 0.0972. The first kappa shape index (κ1) is 8.00. The Morgan fingerprint density at radius 2 is 2.45 bits per heavy atom. The Kier molecular flexibility index (Phi) is 2.09. The summed E-state index contributed by atoms with van der Waals surface area (Å²) in [5, 5.41) is 2.80. The molecule has 0 aromatic carbocycles. The fraction of sp³-hybridized carbons (Fsp3) is 0.667. The number of piperazine rings is 1. The molecule has 1 rings (SSSR count). The second-order valence-electron chi connectivity index (χ2n) is 2.55. The van der Waals surface area contributed by atoms with Gasteiger partial charge in [-0.3, -0.25) is 9.59 Å². The van der Waals surface area contributed by atoms with Gasteiger partial charge < -0.3 is 16.0 Å². The van der Waals surface area contributed by atoms with Crippen molar-refractivity contribution >= 4 is 11.8 Å². The van der Waals surface area contributed by atoms with Crippen molar-refractivity contribution in [3.63, 3.8) is 0 Å². The summed E-state index contributed by atoms with van der Waals surface area (Å²) in [5.74, 6) is -0.562. The molecular weight excluding hydrogens is 146 g/mol. The Labute approximate surface area is 64.5 Å². The molecule has 1 saturated heterocycles. The summed E-state index contributed by atoms with van der Waals surface area (Å²) in [4.78, 5) is 23.0. The number of carbonyl (C=O) groups excluding carboxylic acids is 2. The van der Waals surface area contributed by atoms with Gasteiger partial charge in [0.15, 0.2) is 0 Å². The van der Waals surface area contributed by atoms with Crippen molar-refractivity contribution in [2.45, 2.75) is 6.04 Å². The molecular formula is C6H11N3O2. The van der Waals surface area contributed by atoms with Gasteiger partial charge in [-0.05, 0) is 0 Å². The van der Waals surface area contributed by atoms with Crippen molar-refractivity contribution in [1.82, 2.24) is 10.2 Å². The number of amides is 2. The molecule has 3 N–H and O–H groups in total. The normalized spacial score (nSPS) is 25.4. The third-order valence-electron chi connectivity index (χ3n) is 1.80. The van der Waals surface area contributed by atoms with Crippen LogP contribution in [0.1, 0.15) is 0 Å². The van der Waals surface area contributed by atoms with Gasteiger partial charge in [-0.25, -0.2) is 0 Å². The second-order valence-corrected chi connectivity index (χ2v) is 2.55. The van der Waals surface area contributed by atoms with E-state index in [4.69, 9.17) is 5.73 Å². The highest BCUT2D eigenvalue weighted by molar-refractivity contribution is 5.88. The molecule has 0 spiro atoms. The van der Waals surface area contributed by atoms with E-state index in [2.05, 4.69) is 5.32 Å². The van der Waals surface area contributed by atoms with Gasteiger partial charge in [0.2, 0.25) is 11.8 Å². The quantitative estimate of drug-likeness (QED) is 0.458. The molecule has 11 heavy (non-hydrogen) atoms. The van der Waals surface area contributed by atoms with Crippen molar-refractivity contribution in [3.05, 3.63) is 0 Å². The van der Waals surface area contributed by atoms with Crippen molar-refractivity contribution in [2.24, 2.45) is 5.73 Å². The molecule has 2 amide bonds. The Balaban J connectivity index is 2.65. The largest absolute Gasteiger partial charge is 0.368 e. The van der Waals surface area contributed by atoms with Crippen LogP contribution in [0.25, 0.3) is 0 Å². The van der Waals surface area contributed by atoms with Gasteiger partial charge in [0.25, 0.3) is 0 Å². The number of rotatable bonds is 1. The van der Waals surface area contributed by atoms with Crippen molar-refractivity contribution in [1.29, 1.82) is 0 Å². The van der Waals surface area contributed by atoms with Crippen LogP contribution in [0.2, 0.25) is 0 Å². The number of nitrogens with one attached hydrogen (secondary N) is 1. The molecule has 1 heterocycles. The lowest BCUT2D eigenvalue weighted by Crippen LogP contribution is -2.57. The molecule has 0 radical (unpaired) electrons. The van der Waals surface area contributed by atoms with Gasteiger partial charge in [0, 0.05) is 13.6 Å². The molecule has 1 atom stereocenters. The fourth-order valence-corrected chi connectivity index (χ4v) is 1.04. The van der Waals surface area contributed by atoms with Crippen LogP contribution in [0.3, 0.4) is 0 Å². The van der Waals surface area contributed by atoms with E-state index in [0.717, 1.165) is 0 Å². The summed E-state index contributed by atoms with van der Waals surface area (Å²) in [6.45, 7) is 0.748. The van der Waals surface area contributed by atoms with Crippen LogP contribution in [0.5, 0.6) is 0 Å². The predicted molar refractivity (Wildman–Crippen MR) is 38.6 cm³/mol. The summed E-state index contributed by atoms with van der Waals surface area (Å²) in [6, 6.07) is -0.490. The molecule has 5 nitrogen and oxygen atoms in total. The van der Waals surface area contributed by atoms with E-state index in [-0.39, 0.29) is 5.91 Å². The number of hydrogen-bond acceptors (Lipinski definition) is 3. The number of primary amides is 1. The average Bonchev–Trinajstić information content (AvgIpc) is 1.94. The summed E-state index contributed by atoms with van der Waals surface area (Å²) in [5.41, 5.74) is 5.05. The first-order valence-corrected chi connectivity index (χ1v) is 3.38. The van der Waals surface area contributed by atoms with Crippen LogP contribution in [-0.4, -0.2) is 42.9 Å². The van der Waals surface area contributed by atoms with Crippen molar-refractivity contribution in [2.75, 3.05) is 20.1 Å². The predicted octanol–water partition coefficient (Wildman–Crippen LogP) is -2.10. The summed E-state index contributed by atoms with van der Waals surface area (Å²) in [7, 11) is 1.58. The highest BCUT2D eigenvalue weighted by Crippen LogP contribution is 1.99. The Bertz CT molecular complexity index is 192. The maximum atomic E-state index is 11.0.